The smallest absolute Gasteiger partial charge is 0.134 e. The molecule has 0 bridgehead atoms. The van der Waals surface area contributed by atoms with Crippen LogP contribution < -0.4 is 0 Å². The molecule has 0 N–H and O–H groups in total. The summed E-state index contributed by atoms with van der Waals surface area (Å²) in [5.74, 6) is 1.34. The number of rotatable bonds is 4. The van der Waals surface area contributed by atoms with E-state index in [1.165, 1.54) is 30.3 Å². The third-order valence-electron chi connectivity index (χ3n) is 5.32. The maximum atomic E-state index is 5.88. The Bertz CT molecular complexity index is 647. The van der Waals surface area contributed by atoms with Gasteiger partial charge in [-0.25, -0.2) is 0 Å². The summed E-state index contributed by atoms with van der Waals surface area (Å²) in [5.41, 5.74) is 2.33. The van der Waals surface area contributed by atoms with Gasteiger partial charge in [-0.3, -0.25) is 0 Å². The summed E-state index contributed by atoms with van der Waals surface area (Å²) in [6.45, 7) is 6.97. The average molecular weight is 329 g/mol. The minimum atomic E-state index is 0.555. The van der Waals surface area contributed by atoms with E-state index in [0.717, 1.165) is 57.4 Å². The zero-order chi connectivity index (χ0) is 16.2. The fourth-order valence-corrected chi connectivity index (χ4v) is 4.00. The molecule has 1 atom stereocenters. The van der Waals surface area contributed by atoms with E-state index in [9.17, 15) is 0 Å². The van der Waals surface area contributed by atoms with Crippen LogP contribution in [0.15, 0.2) is 34.9 Å². The second-order valence-electron chi connectivity index (χ2n) is 7.25. The third kappa shape index (κ3) is 4.00. The molecule has 2 aliphatic heterocycles. The summed E-state index contributed by atoms with van der Waals surface area (Å²) in [6, 6.07) is 8.59. The van der Waals surface area contributed by atoms with E-state index in [2.05, 4.69) is 23.1 Å². The van der Waals surface area contributed by atoms with Gasteiger partial charge in [-0.05, 0) is 48.8 Å². The lowest BCUT2D eigenvalue weighted by Crippen LogP contribution is -2.36. The molecule has 3 heterocycles. The first-order chi connectivity index (χ1) is 11.9. The summed E-state index contributed by atoms with van der Waals surface area (Å²) in [6.07, 6.45) is 5.23. The van der Waals surface area contributed by atoms with Crippen LogP contribution in [0.25, 0.3) is 11.0 Å². The van der Waals surface area contributed by atoms with Crippen LogP contribution >= 0.6 is 0 Å². The Morgan fingerprint density at radius 3 is 2.83 bits per heavy atom. The van der Waals surface area contributed by atoms with Crippen LogP contribution in [-0.4, -0.2) is 51.0 Å². The zero-order valence-electron chi connectivity index (χ0n) is 14.3. The lowest BCUT2D eigenvalue weighted by Gasteiger charge is -2.30. The first kappa shape index (κ1) is 16.1. The van der Waals surface area contributed by atoms with Gasteiger partial charge in [0.25, 0.3) is 0 Å². The molecular weight excluding hydrogens is 302 g/mol. The second kappa shape index (κ2) is 7.68. The van der Waals surface area contributed by atoms with Crippen molar-refractivity contribution in [3.63, 3.8) is 0 Å². The highest BCUT2D eigenvalue weighted by Crippen LogP contribution is 2.22. The lowest BCUT2D eigenvalue weighted by atomic mass is 9.96. The van der Waals surface area contributed by atoms with E-state index in [1.807, 2.05) is 6.07 Å². The van der Waals surface area contributed by atoms with Gasteiger partial charge in [-0.1, -0.05) is 12.1 Å². The van der Waals surface area contributed by atoms with E-state index in [0.29, 0.717) is 5.92 Å². The van der Waals surface area contributed by atoms with Crippen LogP contribution in [0.2, 0.25) is 0 Å². The maximum Gasteiger partial charge on any atom is 0.134 e. The minimum absolute atomic E-state index is 0.555. The van der Waals surface area contributed by atoms with Gasteiger partial charge in [-0.2, -0.15) is 0 Å². The highest BCUT2D eigenvalue weighted by molar-refractivity contribution is 5.77. The molecule has 0 amide bonds. The van der Waals surface area contributed by atoms with Gasteiger partial charge in [-0.15, -0.1) is 0 Å². The maximum absolute atomic E-state index is 5.88. The van der Waals surface area contributed by atoms with Gasteiger partial charge in [0.15, 0.2) is 0 Å². The number of furan rings is 1. The SMILES string of the molecule is c1cc2ccc(C[C@H]3COCCN(CC4CCOCC4)C3)cc2o1. The fourth-order valence-electron chi connectivity index (χ4n) is 4.00. The van der Waals surface area contributed by atoms with E-state index in [1.54, 1.807) is 6.26 Å². The van der Waals surface area contributed by atoms with Crippen molar-refractivity contribution in [3.05, 3.63) is 36.1 Å². The van der Waals surface area contributed by atoms with Crippen molar-refractivity contribution in [2.75, 3.05) is 46.1 Å². The molecule has 4 heteroatoms. The number of nitrogens with zero attached hydrogens (tertiary/aromatic N) is 1. The number of hydrogen-bond donors (Lipinski definition) is 0. The number of benzene rings is 1. The molecule has 2 fully saturated rings. The summed E-state index contributed by atoms with van der Waals surface area (Å²) in [4.78, 5) is 2.61. The standard InChI is InChI=1S/C20H27NO3/c1-2-19-5-9-24-20(19)12-17(1)11-18-14-21(6-10-23-15-18)13-16-3-7-22-8-4-16/h1-2,5,9,12,16,18H,3-4,6-8,10-11,13-15H2/t18-/m1/s1. The summed E-state index contributed by atoms with van der Waals surface area (Å²) in [5, 5.41) is 1.18. The van der Waals surface area contributed by atoms with Crippen LogP contribution in [0.3, 0.4) is 0 Å². The van der Waals surface area contributed by atoms with E-state index in [4.69, 9.17) is 13.9 Å². The van der Waals surface area contributed by atoms with Gasteiger partial charge >= 0.3 is 0 Å². The Morgan fingerprint density at radius 2 is 1.92 bits per heavy atom. The Morgan fingerprint density at radius 1 is 1.00 bits per heavy atom. The van der Waals surface area contributed by atoms with Crippen LogP contribution in [0.5, 0.6) is 0 Å². The topological polar surface area (TPSA) is 34.8 Å². The van der Waals surface area contributed by atoms with Gasteiger partial charge in [0.05, 0.1) is 19.5 Å². The first-order valence-electron chi connectivity index (χ1n) is 9.21. The van der Waals surface area contributed by atoms with Crippen LogP contribution in [-0.2, 0) is 15.9 Å². The van der Waals surface area contributed by atoms with Gasteiger partial charge in [0.2, 0.25) is 0 Å². The monoisotopic (exact) mass is 329 g/mol. The fraction of sp³-hybridized carbons (Fsp3) is 0.600. The molecule has 24 heavy (non-hydrogen) atoms. The molecule has 4 rings (SSSR count). The van der Waals surface area contributed by atoms with E-state index in [-0.39, 0.29) is 0 Å². The van der Waals surface area contributed by atoms with Crippen molar-refractivity contribution in [2.45, 2.75) is 19.3 Å². The van der Waals surface area contributed by atoms with E-state index >= 15 is 0 Å². The number of hydrogen-bond acceptors (Lipinski definition) is 4. The van der Waals surface area contributed by atoms with E-state index < -0.39 is 0 Å². The Hall–Kier alpha value is -1.36. The molecule has 2 aliphatic rings. The quantitative estimate of drug-likeness (QED) is 0.862. The van der Waals surface area contributed by atoms with Gasteiger partial charge in [0, 0.05) is 38.2 Å². The molecule has 0 saturated carbocycles. The summed E-state index contributed by atoms with van der Waals surface area (Å²) in [7, 11) is 0. The molecular formula is C20H27NO3. The van der Waals surface area contributed by atoms with Crippen LogP contribution in [0, 0.1) is 11.8 Å². The van der Waals surface area contributed by atoms with Gasteiger partial charge < -0.3 is 18.8 Å². The van der Waals surface area contributed by atoms with Crippen molar-refractivity contribution in [3.8, 4) is 0 Å². The highest BCUT2D eigenvalue weighted by Gasteiger charge is 2.23. The predicted octanol–water partition coefficient (Wildman–Crippen LogP) is 3.35. The molecule has 2 saturated heterocycles. The largest absolute Gasteiger partial charge is 0.464 e. The summed E-state index contributed by atoms with van der Waals surface area (Å²) < 4.78 is 16.9. The summed E-state index contributed by atoms with van der Waals surface area (Å²) >= 11 is 0. The second-order valence-corrected chi connectivity index (χ2v) is 7.25. The normalized spacial score (nSPS) is 24.2. The molecule has 130 valence electrons. The molecule has 0 unspecified atom stereocenters. The number of ether oxygens (including phenoxy) is 2. The Kier molecular flexibility index (Phi) is 5.16. The van der Waals surface area contributed by atoms with Crippen molar-refractivity contribution < 1.29 is 13.9 Å². The molecule has 0 radical (unpaired) electrons. The Labute approximate surface area is 143 Å². The van der Waals surface area contributed by atoms with Crippen molar-refractivity contribution in [1.29, 1.82) is 0 Å². The van der Waals surface area contributed by atoms with Crippen molar-refractivity contribution >= 4 is 11.0 Å². The highest BCUT2D eigenvalue weighted by atomic mass is 16.5. The molecule has 4 nitrogen and oxygen atoms in total. The lowest BCUT2D eigenvalue weighted by molar-refractivity contribution is 0.0512. The number of fused-ring (bicyclic) bond motifs is 1. The minimum Gasteiger partial charge on any atom is -0.464 e. The van der Waals surface area contributed by atoms with Gasteiger partial charge in [0.1, 0.15) is 5.58 Å². The molecule has 2 aromatic rings. The molecule has 0 aliphatic carbocycles. The van der Waals surface area contributed by atoms with Crippen LogP contribution in [0.4, 0.5) is 0 Å². The van der Waals surface area contributed by atoms with Crippen molar-refractivity contribution in [1.82, 2.24) is 4.90 Å². The molecule has 1 aromatic heterocycles. The third-order valence-corrected chi connectivity index (χ3v) is 5.32. The molecule has 1 aromatic carbocycles. The predicted molar refractivity (Wildman–Crippen MR) is 94.2 cm³/mol. The zero-order valence-corrected chi connectivity index (χ0v) is 14.3. The van der Waals surface area contributed by atoms with Crippen LogP contribution in [0.1, 0.15) is 18.4 Å². The van der Waals surface area contributed by atoms with Crippen molar-refractivity contribution in [2.24, 2.45) is 11.8 Å². The Balaban J connectivity index is 1.38. The average Bonchev–Trinajstić information content (AvgIpc) is 2.96. The first-order valence-corrected chi connectivity index (χ1v) is 9.21. The molecule has 0 spiro atoms.